The van der Waals surface area contributed by atoms with E-state index < -0.39 is 11.6 Å². The van der Waals surface area contributed by atoms with Crippen LogP contribution in [-0.4, -0.2) is 7.11 Å². The summed E-state index contributed by atoms with van der Waals surface area (Å²) >= 11 is 0. The lowest BCUT2D eigenvalue weighted by atomic mass is 9.69. The summed E-state index contributed by atoms with van der Waals surface area (Å²) in [5.74, 6) is 7.18. The molecule has 2 saturated carbocycles. The summed E-state index contributed by atoms with van der Waals surface area (Å²) in [4.78, 5) is 0. The van der Waals surface area contributed by atoms with E-state index in [2.05, 4.69) is 18.8 Å². The smallest absolute Gasteiger partial charge is 0.201 e. The molecule has 2 aliphatic rings. The van der Waals surface area contributed by atoms with Gasteiger partial charge in [0.1, 0.15) is 0 Å². The van der Waals surface area contributed by atoms with E-state index in [1.54, 1.807) is 0 Å². The maximum Gasteiger partial charge on any atom is 0.201 e. The van der Waals surface area contributed by atoms with Crippen LogP contribution in [0.25, 0.3) is 0 Å². The van der Waals surface area contributed by atoms with Gasteiger partial charge in [0, 0.05) is 5.92 Å². The van der Waals surface area contributed by atoms with Gasteiger partial charge in [-0.15, -0.1) is 0 Å². The molecular formula is C26H36F2O. The molecule has 0 bridgehead atoms. The molecule has 1 aromatic rings. The fourth-order valence-electron chi connectivity index (χ4n) is 5.33. The van der Waals surface area contributed by atoms with E-state index in [1.165, 1.54) is 83.5 Å². The van der Waals surface area contributed by atoms with Crippen LogP contribution < -0.4 is 4.74 Å². The quantitative estimate of drug-likeness (QED) is 0.353. The van der Waals surface area contributed by atoms with Crippen molar-refractivity contribution in [1.29, 1.82) is 0 Å². The molecular weight excluding hydrogens is 366 g/mol. The topological polar surface area (TPSA) is 9.23 Å². The van der Waals surface area contributed by atoms with E-state index in [1.807, 2.05) is 0 Å². The molecule has 1 nitrogen and oxygen atoms in total. The van der Waals surface area contributed by atoms with Crippen LogP contribution in [0.2, 0.25) is 0 Å². The number of halogens is 2. The standard InChI is InChI=1S/C26H36F2O/c1-3-4-5-6-19-7-12-21(13-8-19)22-14-9-20(10-15-22)11-16-23-17-18-24(29-2)26(28)25(23)27/h17-22H,3-10,12-15H2,1-2H3. The third-order valence-electron chi connectivity index (χ3n) is 7.22. The predicted molar refractivity (Wildman–Crippen MR) is 115 cm³/mol. The van der Waals surface area contributed by atoms with Crippen molar-refractivity contribution in [2.75, 3.05) is 7.11 Å². The van der Waals surface area contributed by atoms with Gasteiger partial charge in [-0.05, 0) is 68.4 Å². The van der Waals surface area contributed by atoms with Gasteiger partial charge >= 0.3 is 0 Å². The predicted octanol–water partition coefficient (Wildman–Crippen LogP) is 7.52. The number of hydrogen-bond donors (Lipinski definition) is 0. The molecule has 0 saturated heterocycles. The minimum Gasteiger partial charge on any atom is -0.494 e. The van der Waals surface area contributed by atoms with Gasteiger partial charge in [0.05, 0.1) is 12.7 Å². The molecule has 2 aliphatic carbocycles. The van der Waals surface area contributed by atoms with Crippen molar-refractivity contribution in [2.24, 2.45) is 23.7 Å². The Morgan fingerprint density at radius 3 is 2.17 bits per heavy atom. The number of unbranched alkanes of at least 4 members (excludes halogenated alkanes) is 2. The number of benzene rings is 1. The SMILES string of the molecule is CCCCCC1CCC(C2CCC(C#Cc3ccc(OC)c(F)c3F)CC2)CC1. The summed E-state index contributed by atoms with van der Waals surface area (Å²) in [7, 11) is 1.33. The zero-order chi connectivity index (χ0) is 20.6. The Labute approximate surface area is 175 Å². The summed E-state index contributed by atoms with van der Waals surface area (Å²) < 4.78 is 32.7. The molecule has 0 unspecified atom stereocenters. The van der Waals surface area contributed by atoms with Crippen molar-refractivity contribution >= 4 is 0 Å². The fourth-order valence-corrected chi connectivity index (χ4v) is 5.33. The van der Waals surface area contributed by atoms with Crippen LogP contribution in [0.5, 0.6) is 5.75 Å². The van der Waals surface area contributed by atoms with Gasteiger partial charge in [-0.1, -0.05) is 57.3 Å². The second kappa shape index (κ2) is 11.0. The van der Waals surface area contributed by atoms with E-state index in [0.717, 1.165) is 30.6 Å². The molecule has 160 valence electrons. The summed E-state index contributed by atoms with van der Waals surface area (Å²) in [5, 5.41) is 0. The Hall–Kier alpha value is -1.56. The third kappa shape index (κ3) is 5.97. The van der Waals surface area contributed by atoms with Gasteiger partial charge in [-0.3, -0.25) is 0 Å². The lowest BCUT2D eigenvalue weighted by molar-refractivity contribution is 0.153. The van der Waals surface area contributed by atoms with Crippen LogP contribution in [0, 0.1) is 47.1 Å². The van der Waals surface area contributed by atoms with Crippen LogP contribution in [0.4, 0.5) is 8.78 Å². The minimum absolute atomic E-state index is 0.0753. The van der Waals surface area contributed by atoms with Crippen LogP contribution in [0.1, 0.15) is 89.5 Å². The van der Waals surface area contributed by atoms with Crippen molar-refractivity contribution in [1.82, 2.24) is 0 Å². The average Bonchev–Trinajstić information content (AvgIpc) is 2.76. The lowest BCUT2D eigenvalue weighted by Crippen LogP contribution is -2.25. The first-order valence-corrected chi connectivity index (χ1v) is 11.7. The van der Waals surface area contributed by atoms with E-state index >= 15 is 0 Å². The molecule has 2 fully saturated rings. The normalized spacial score (nSPS) is 27.2. The van der Waals surface area contributed by atoms with Crippen molar-refractivity contribution in [3.05, 3.63) is 29.3 Å². The van der Waals surface area contributed by atoms with E-state index in [-0.39, 0.29) is 11.3 Å². The molecule has 1 aromatic carbocycles. The molecule has 3 rings (SSSR count). The van der Waals surface area contributed by atoms with Crippen LogP contribution >= 0.6 is 0 Å². The van der Waals surface area contributed by atoms with Crippen molar-refractivity contribution in [3.8, 4) is 17.6 Å². The largest absolute Gasteiger partial charge is 0.494 e. The maximum atomic E-state index is 14.1. The first-order valence-electron chi connectivity index (χ1n) is 11.7. The molecule has 3 heteroatoms. The van der Waals surface area contributed by atoms with Gasteiger partial charge in [0.2, 0.25) is 5.82 Å². The van der Waals surface area contributed by atoms with Crippen molar-refractivity contribution in [2.45, 2.75) is 84.0 Å². The first-order chi connectivity index (χ1) is 14.1. The van der Waals surface area contributed by atoms with Crippen LogP contribution in [0.15, 0.2) is 12.1 Å². The van der Waals surface area contributed by atoms with Gasteiger partial charge in [0.25, 0.3) is 0 Å². The lowest BCUT2D eigenvalue weighted by Gasteiger charge is -2.37. The number of rotatable bonds is 6. The number of methoxy groups -OCH3 is 1. The molecule has 0 radical (unpaired) electrons. The zero-order valence-corrected chi connectivity index (χ0v) is 18.1. The molecule has 0 atom stereocenters. The molecule has 29 heavy (non-hydrogen) atoms. The zero-order valence-electron chi connectivity index (χ0n) is 18.1. The Balaban J connectivity index is 1.45. The maximum absolute atomic E-state index is 14.1. The Kier molecular flexibility index (Phi) is 8.40. The van der Waals surface area contributed by atoms with E-state index in [4.69, 9.17) is 4.74 Å². The third-order valence-corrected chi connectivity index (χ3v) is 7.22. The molecule has 0 aliphatic heterocycles. The molecule has 0 heterocycles. The van der Waals surface area contributed by atoms with Gasteiger partial charge < -0.3 is 4.74 Å². The van der Waals surface area contributed by atoms with E-state index in [9.17, 15) is 8.78 Å². The molecule has 0 amide bonds. The van der Waals surface area contributed by atoms with Crippen molar-refractivity contribution < 1.29 is 13.5 Å². The minimum atomic E-state index is -0.951. The highest BCUT2D eigenvalue weighted by atomic mass is 19.2. The molecule has 0 spiro atoms. The number of hydrogen-bond acceptors (Lipinski definition) is 1. The summed E-state index contributed by atoms with van der Waals surface area (Å²) in [6.07, 6.45) is 15.9. The second-order valence-electron chi connectivity index (χ2n) is 9.10. The van der Waals surface area contributed by atoms with Crippen molar-refractivity contribution in [3.63, 3.8) is 0 Å². The number of ether oxygens (including phenoxy) is 1. The van der Waals surface area contributed by atoms with Crippen LogP contribution in [0.3, 0.4) is 0 Å². The van der Waals surface area contributed by atoms with Crippen LogP contribution in [-0.2, 0) is 0 Å². The summed E-state index contributed by atoms with van der Waals surface area (Å²) in [6, 6.07) is 2.95. The Morgan fingerprint density at radius 1 is 0.897 bits per heavy atom. The molecule has 0 aromatic heterocycles. The highest BCUT2D eigenvalue weighted by Crippen LogP contribution is 2.42. The Bertz CT molecular complexity index is 701. The van der Waals surface area contributed by atoms with E-state index in [0.29, 0.717) is 5.92 Å². The highest BCUT2D eigenvalue weighted by Gasteiger charge is 2.30. The summed E-state index contributed by atoms with van der Waals surface area (Å²) in [5.41, 5.74) is 0.131. The van der Waals surface area contributed by atoms with Gasteiger partial charge in [-0.2, -0.15) is 4.39 Å². The van der Waals surface area contributed by atoms with Gasteiger partial charge in [0.15, 0.2) is 11.6 Å². The monoisotopic (exact) mass is 402 g/mol. The summed E-state index contributed by atoms with van der Waals surface area (Å²) in [6.45, 7) is 2.28. The second-order valence-corrected chi connectivity index (χ2v) is 9.10. The van der Waals surface area contributed by atoms with Gasteiger partial charge in [-0.25, -0.2) is 4.39 Å². The molecule has 0 N–H and O–H groups in total. The first kappa shape index (κ1) is 22.1. The fraction of sp³-hybridized carbons (Fsp3) is 0.692. The highest BCUT2D eigenvalue weighted by molar-refractivity contribution is 5.41. The Morgan fingerprint density at radius 2 is 1.55 bits per heavy atom. The average molecular weight is 403 g/mol.